The van der Waals surface area contributed by atoms with Crippen LogP contribution in [-0.2, 0) is 6.42 Å². The van der Waals surface area contributed by atoms with E-state index in [1.54, 1.807) is 0 Å². The molecule has 0 radical (unpaired) electrons. The molecule has 1 saturated carbocycles. The van der Waals surface area contributed by atoms with Crippen molar-refractivity contribution in [3.63, 3.8) is 0 Å². The first-order chi connectivity index (χ1) is 7.88. The van der Waals surface area contributed by atoms with Crippen molar-refractivity contribution in [1.29, 1.82) is 0 Å². The number of benzene rings is 1. The molecule has 0 atom stereocenters. The van der Waals surface area contributed by atoms with Gasteiger partial charge < -0.3 is 4.90 Å². The molecular weight excluding hydrogens is 198 g/mol. The van der Waals surface area contributed by atoms with Crippen molar-refractivity contribution < 1.29 is 4.79 Å². The van der Waals surface area contributed by atoms with Crippen molar-refractivity contribution in [2.45, 2.75) is 25.7 Å². The molecule has 0 amide bonds. The Kier molecular flexibility index (Phi) is 2.43. The molecule has 1 aliphatic carbocycles. The zero-order chi connectivity index (χ0) is 11.0. The van der Waals surface area contributed by atoms with Crippen LogP contribution in [0.4, 0.5) is 5.69 Å². The second-order valence-electron chi connectivity index (χ2n) is 4.96. The van der Waals surface area contributed by atoms with Gasteiger partial charge in [-0.1, -0.05) is 18.6 Å². The third kappa shape index (κ3) is 1.53. The molecule has 2 nitrogen and oxygen atoms in total. The molecule has 1 aromatic carbocycles. The van der Waals surface area contributed by atoms with Crippen LogP contribution in [0.1, 0.15) is 35.2 Å². The first-order valence-corrected chi connectivity index (χ1v) is 6.20. The van der Waals surface area contributed by atoms with Gasteiger partial charge in [0.1, 0.15) is 6.29 Å². The van der Waals surface area contributed by atoms with Crippen molar-refractivity contribution in [2.24, 2.45) is 5.92 Å². The summed E-state index contributed by atoms with van der Waals surface area (Å²) in [5.74, 6) is 0.894. The summed E-state index contributed by atoms with van der Waals surface area (Å²) in [7, 11) is 0. The first kappa shape index (κ1) is 9.88. The zero-order valence-corrected chi connectivity index (χ0v) is 9.48. The Morgan fingerprint density at radius 3 is 2.94 bits per heavy atom. The van der Waals surface area contributed by atoms with E-state index in [9.17, 15) is 4.79 Å². The quantitative estimate of drug-likeness (QED) is 0.722. The lowest BCUT2D eigenvalue weighted by atomic mass is 9.85. The molecule has 0 bridgehead atoms. The molecule has 1 fully saturated rings. The Morgan fingerprint density at radius 2 is 2.25 bits per heavy atom. The number of rotatable bonds is 3. The van der Waals surface area contributed by atoms with Gasteiger partial charge in [-0.3, -0.25) is 4.79 Å². The van der Waals surface area contributed by atoms with E-state index >= 15 is 0 Å². The Labute approximate surface area is 96.3 Å². The van der Waals surface area contributed by atoms with E-state index < -0.39 is 0 Å². The number of carbonyl (C=O) groups is 1. The van der Waals surface area contributed by atoms with Crippen LogP contribution in [0.25, 0.3) is 0 Å². The van der Waals surface area contributed by atoms with E-state index in [0.717, 1.165) is 30.7 Å². The van der Waals surface area contributed by atoms with E-state index in [4.69, 9.17) is 0 Å². The maximum Gasteiger partial charge on any atom is 0.150 e. The van der Waals surface area contributed by atoms with Gasteiger partial charge >= 0.3 is 0 Å². The summed E-state index contributed by atoms with van der Waals surface area (Å²) in [4.78, 5) is 13.4. The molecule has 0 N–H and O–H groups in total. The highest BCUT2D eigenvalue weighted by Gasteiger charge is 2.26. The minimum atomic E-state index is 0.883. The number of carbonyl (C=O) groups excluding carboxylic acids is 1. The third-order valence-electron chi connectivity index (χ3n) is 3.99. The molecule has 3 rings (SSSR count). The summed E-state index contributed by atoms with van der Waals surface area (Å²) in [6.45, 7) is 2.28. The molecule has 0 spiro atoms. The van der Waals surface area contributed by atoms with Crippen LogP contribution in [0.2, 0.25) is 0 Å². The number of nitrogens with zero attached hydrogens (tertiary/aromatic N) is 1. The maximum absolute atomic E-state index is 10.9. The third-order valence-corrected chi connectivity index (χ3v) is 3.99. The molecule has 1 aliphatic heterocycles. The van der Waals surface area contributed by atoms with E-state index in [0.29, 0.717) is 0 Å². The number of hydrogen-bond donors (Lipinski definition) is 0. The number of fused-ring (bicyclic) bond motifs is 1. The molecule has 0 saturated heterocycles. The van der Waals surface area contributed by atoms with E-state index in [1.807, 2.05) is 12.1 Å². The second-order valence-corrected chi connectivity index (χ2v) is 4.96. The predicted molar refractivity (Wildman–Crippen MR) is 65.1 cm³/mol. The minimum Gasteiger partial charge on any atom is -0.371 e. The van der Waals surface area contributed by atoms with Crippen LogP contribution in [0.5, 0.6) is 0 Å². The van der Waals surface area contributed by atoms with Crippen LogP contribution in [0.3, 0.4) is 0 Å². The van der Waals surface area contributed by atoms with Crippen LogP contribution >= 0.6 is 0 Å². The lowest BCUT2D eigenvalue weighted by Crippen LogP contribution is -2.31. The van der Waals surface area contributed by atoms with E-state index in [-0.39, 0.29) is 0 Å². The van der Waals surface area contributed by atoms with Gasteiger partial charge in [-0.05, 0) is 36.8 Å². The maximum atomic E-state index is 10.9. The summed E-state index contributed by atoms with van der Waals surface area (Å²) in [6, 6.07) is 6.09. The molecule has 2 aliphatic rings. The lowest BCUT2D eigenvalue weighted by Gasteiger charge is -2.31. The van der Waals surface area contributed by atoms with Gasteiger partial charge in [0.15, 0.2) is 0 Å². The Hall–Kier alpha value is -1.31. The number of aldehydes is 1. The molecule has 1 heterocycles. The van der Waals surface area contributed by atoms with Crippen LogP contribution in [0.15, 0.2) is 18.2 Å². The minimum absolute atomic E-state index is 0.883. The second kappa shape index (κ2) is 3.93. The largest absolute Gasteiger partial charge is 0.371 e. The first-order valence-electron chi connectivity index (χ1n) is 6.20. The molecule has 0 unspecified atom stereocenters. The average Bonchev–Trinajstić information content (AvgIpc) is 2.66. The van der Waals surface area contributed by atoms with Gasteiger partial charge in [0.05, 0.1) is 0 Å². The topological polar surface area (TPSA) is 20.3 Å². The van der Waals surface area contributed by atoms with Gasteiger partial charge in [0.2, 0.25) is 0 Å². The summed E-state index contributed by atoms with van der Waals surface area (Å²) >= 11 is 0. The summed E-state index contributed by atoms with van der Waals surface area (Å²) in [5, 5.41) is 0. The smallest absolute Gasteiger partial charge is 0.150 e. The Bertz CT molecular complexity index is 409. The Morgan fingerprint density at radius 1 is 1.38 bits per heavy atom. The molecule has 16 heavy (non-hydrogen) atoms. The van der Waals surface area contributed by atoms with Gasteiger partial charge in [-0.2, -0.15) is 0 Å². The molecule has 2 heteroatoms. The van der Waals surface area contributed by atoms with Gasteiger partial charge in [0.25, 0.3) is 0 Å². The Balaban J connectivity index is 1.84. The van der Waals surface area contributed by atoms with Gasteiger partial charge in [-0.15, -0.1) is 0 Å². The highest BCUT2D eigenvalue weighted by atomic mass is 16.1. The van der Waals surface area contributed by atoms with E-state index in [1.165, 1.54) is 37.1 Å². The van der Waals surface area contributed by atoms with E-state index in [2.05, 4.69) is 11.0 Å². The van der Waals surface area contributed by atoms with Crippen LogP contribution < -0.4 is 4.90 Å². The van der Waals surface area contributed by atoms with Crippen molar-refractivity contribution in [3.8, 4) is 0 Å². The fourth-order valence-corrected chi connectivity index (χ4v) is 2.81. The SMILES string of the molecule is O=Cc1cccc2c1CCN2CC1CCC1. The number of anilines is 1. The molecule has 0 aromatic heterocycles. The van der Waals surface area contributed by atoms with Crippen LogP contribution in [-0.4, -0.2) is 19.4 Å². The van der Waals surface area contributed by atoms with Crippen molar-refractivity contribution in [2.75, 3.05) is 18.0 Å². The highest BCUT2D eigenvalue weighted by Crippen LogP contribution is 2.34. The summed E-state index contributed by atoms with van der Waals surface area (Å²) in [6.07, 6.45) is 6.21. The van der Waals surface area contributed by atoms with Gasteiger partial charge in [0, 0.05) is 24.3 Å². The van der Waals surface area contributed by atoms with Crippen molar-refractivity contribution in [1.82, 2.24) is 0 Å². The molecule has 1 aromatic rings. The predicted octanol–water partition coefficient (Wildman–Crippen LogP) is 2.66. The summed E-state index contributed by atoms with van der Waals surface area (Å²) in [5.41, 5.74) is 3.45. The summed E-state index contributed by atoms with van der Waals surface area (Å²) < 4.78 is 0. The van der Waals surface area contributed by atoms with Gasteiger partial charge in [-0.25, -0.2) is 0 Å². The van der Waals surface area contributed by atoms with Crippen LogP contribution in [0, 0.1) is 5.92 Å². The monoisotopic (exact) mass is 215 g/mol. The average molecular weight is 215 g/mol. The lowest BCUT2D eigenvalue weighted by molar-refractivity contribution is 0.112. The standard InChI is InChI=1S/C14H17NO/c16-10-12-5-2-6-14-13(12)7-8-15(14)9-11-3-1-4-11/h2,5-6,10-11H,1,3-4,7-9H2. The molecule has 84 valence electrons. The zero-order valence-electron chi connectivity index (χ0n) is 9.48. The highest BCUT2D eigenvalue weighted by molar-refractivity contribution is 5.82. The number of hydrogen-bond acceptors (Lipinski definition) is 2. The fraction of sp³-hybridized carbons (Fsp3) is 0.500. The van der Waals surface area contributed by atoms with Crippen molar-refractivity contribution in [3.05, 3.63) is 29.3 Å². The molecular formula is C14H17NO. The normalized spacial score (nSPS) is 19.4. The van der Waals surface area contributed by atoms with Crippen molar-refractivity contribution >= 4 is 12.0 Å². The fourth-order valence-electron chi connectivity index (χ4n) is 2.81.